The van der Waals surface area contributed by atoms with Crippen molar-refractivity contribution in [2.75, 3.05) is 17.7 Å². The van der Waals surface area contributed by atoms with Crippen LogP contribution in [0.3, 0.4) is 0 Å². The van der Waals surface area contributed by atoms with Crippen LogP contribution in [0, 0.1) is 11.2 Å². The normalized spacial score (nSPS) is 13.4. The quantitative estimate of drug-likeness (QED) is 0.270. The zero-order valence-corrected chi connectivity index (χ0v) is 21.2. The highest BCUT2D eigenvalue weighted by Gasteiger charge is 2.56. The van der Waals surface area contributed by atoms with E-state index in [1.165, 1.54) is 49.7 Å². The molecule has 1 aliphatic carbocycles. The van der Waals surface area contributed by atoms with Crippen molar-refractivity contribution in [1.29, 1.82) is 0 Å². The average molecular weight is 550 g/mol. The van der Waals surface area contributed by atoms with Crippen LogP contribution in [0.15, 0.2) is 60.8 Å². The molecule has 2 aromatic carbocycles. The molecule has 0 atom stereocenters. The number of aromatic nitrogens is 2. The molecule has 39 heavy (non-hydrogen) atoms. The van der Waals surface area contributed by atoms with Gasteiger partial charge in [-0.15, -0.1) is 0 Å². The van der Waals surface area contributed by atoms with Crippen LogP contribution in [-0.2, 0) is 9.59 Å². The van der Waals surface area contributed by atoms with Crippen molar-refractivity contribution >= 4 is 51.7 Å². The zero-order valence-electron chi connectivity index (χ0n) is 20.5. The summed E-state index contributed by atoms with van der Waals surface area (Å²) in [5.41, 5.74) is 5.54. The van der Waals surface area contributed by atoms with E-state index in [1.807, 2.05) is 0 Å². The molecule has 1 fully saturated rings. The van der Waals surface area contributed by atoms with E-state index >= 15 is 0 Å². The number of nitrogens with two attached hydrogens (primary N) is 1. The van der Waals surface area contributed by atoms with E-state index in [0.29, 0.717) is 29.7 Å². The van der Waals surface area contributed by atoms with E-state index in [9.17, 15) is 18.8 Å². The number of pyridine rings is 2. The van der Waals surface area contributed by atoms with E-state index in [1.54, 1.807) is 18.2 Å². The molecule has 10 nitrogen and oxygen atoms in total. The molecule has 2 heterocycles. The number of carbonyl (C=O) groups is 3. The van der Waals surface area contributed by atoms with Gasteiger partial charge in [-0.25, -0.2) is 9.37 Å². The van der Waals surface area contributed by atoms with Crippen LogP contribution in [0.5, 0.6) is 17.2 Å². The van der Waals surface area contributed by atoms with Crippen LogP contribution in [0.2, 0.25) is 5.02 Å². The van der Waals surface area contributed by atoms with Crippen molar-refractivity contribution < 1.29 is 28.2 Å². The SMILES string of the molecule is COc1cc2nccc(Oc3ccc(NC(=O)C4(C(=O)Nc5ccc(F)cc5)CC4)cc3Cl)c2nc1C(N)=O. The molecule has 0 spiro atoms. The summed E-state index contributed by atoms with van der Waals surface area (Å²) in [4.78, 5) is 46.1. The Balaban J connectivity index is 1.32. The van der Waals surface area contributed by atoms with Gasteiger partial charge in [0.1, 0.15) is 22.5 Å². The fraction of sp³-hybridized carbons (Fsp3) is 0.148. The topological polar surface area (TPSA) is 146 Å². The van der Waals surface area contributed by atoms with Crippen LogP contribution in [0.25, 0.3) is 11.0 Å². The molecule has 1 saturated carbocycles. The lowest BCUT2D eigenvalue weighted by Crippen LogP contribution is -2.35. The van der Waals surface area contributed by atoms with Crippen molar-refractivity contribution in [3.8, 4) is 17.2 Å². The molecule has 0 radical (unpaired) electrons. The van der Waals surface area contributed by atoms with Crippen molar-refractivity contribution in [2.45, 2.75) is 12.8 Å². The van der Waals surface area contributed by atoms with E-state index in [0.717, 1.165) is 0 Å². The first-order chi connectivity index (χ1) is 18.7. The fourth-order valence-electron chi connectivity index (χ4n) is 3.94. The number of ether oxygens (including phenoxy) is 2. The minimum Gasteiger partial charge on any atom is -0.494 e. The molecule has 1 aliphatic rings. The van der Waals surface area contributed by atoms with Gasteiger partial charge in [0.2, 0.25) is 11.8 Å². The number of hydrogen-bond donors (Lipinski definition) is 3. The lowest BCUT2D eigenvalue weighted by atomic mass is 10.0. The lowest BCUT2D eigenvalue weighted by molar-refractivity contribution is -0.131. The molecule has 0 unspecified atom stereocenters. The maximum atomic E-state index is 13.1. The highest BCUT2D eigenvalue weighted by molar-refractivity contribution is 6.32. The number of hydrogen-bond acceptors (Lipinski definition) is 7. The third-order valence-electron chi connectivity index (χ3n) is 6.22. The second-order valence-corrected chi connectivity index (χ2v) is 9.23. The number of nitrogens with zero attached hydrogens (tertiary/aromatic N) is 2. The number of methoxy groups -OCH3 is 1. The number of fused-ring (bicyclic) bond motifs is 1. The molecule has 0 saturated heterocycles. The van der Waals surface area contributed by atoms with Gasteiger partial charge in [0.25, 0.3) is 5.91 Å². The van der Waals surface area contributed by atoms with Gasteiger partial charge in [0, 0.05) is 29.7 Å². The number of carbonyl (C=O) groups excluding carboxylic acids is 3. The Hall–Kier alpha value is -4.77. The number of nitrogens with one attached hydrogen (secondary N) is 2. The minimum atomic E-state index is -1.23. The average Bonchev–Trinajstić information content (AvgIpc) is 3.73. The van der Waals surface area contributed by atoms with Crippen LogP contribution in [0.1, 0.15) is 23.3 Å². The molecular weight excluding hydrogens is 529 g/mol. The molecular formula is C27H21ClFN5O5. The standard InChI is InChI=1S/C27H21ClFN5O5/c1-38-21-13-18-22(34-23(21)24(30)35)20(8-11-31-18)39-19-7-6-16(12-17(19)28)33-26(37)27(9-10-27)25(36)32-15-4-2-14(29)3-5-15/h2-8,11-13H,9-10H2,1H3,(H2,30,35)(H,32,36)(H,33,37). The summed E-state index contributed by atoms with van der Waals surface area (Å²) in [7, 11) is 1.39. The number of halogens is 2. The van der Waals surface area contributed by atoms with Crippen molar-refractivity contribution in [3.63, 3.8) is 0 Å². The Morgan fingerprint density at radius 3 is 2.23 bits per heavy atom. The molecule has 4 N–H and O–H groups in total. The first-order valence-corrected chi connectivity index (χ1v) is 12.1. The molecule has 12 heteroatoms. The van der Waals surface area contributed by atoms with Gasteiger partial charge in [-0.3, -0.25) is 19.4 Å². The summed E-state index contributed by atoms with van der Waals surface area (Å²) in [6, 6.07) is 13.0. The van der Waals surface area contributed by atoms with Crippen LogP contribution in [0.4, 0.5) is 15.8 Å². The number of anilines is 2. The van der Waals surface area contributed by atoms with Crippen molar-refractivity contribution in [2.24, 2.45) is 11.1 Å². The summed E-state index contributed by atoms with van der Waals surface area (Å²) in [6.45, 7) is 0. The third kappa shape index (κ3) is 5.16. The highest BCUT2D eigenvalue weighted by atomic mass is 35.5. The van der Waals surface area contributed by atoms with Gasteiger partial charge < -0.3 is 25.8 Å². The summed E-state index contributed by atoms with van der Waals surface area (Å²) >= 11 is 6.44. The largest absolute Gasteiger partial charge is 0.494 e. The first kappa shape index (κ1) is 25.9. The van der Waals surface area contributed by atoms with Crippen molar-refractivity contribution in [3.05, 3.63) is 77.3 Å². The Labute approximate surface area is 226 Å². The molecule has 0 aliphatic heterocycles. The van der Waals surface area contributed by atoms with E-state index in [-0.39, 0.29) is 33.5 Å². The molecule has 0 bridgehead atoms. The third-order valence-corrected chi connectivity index (χ3v) is 6.52. The summed E-state index contributed by atoms with van der Waals surface area (Å²) in [5, 5.41) is 5.55. The van der Waals surface area contributed by atoms with Gasteiger partial charge >= 0.3 is 0 Å². The number of primary amides is 1. The second kappa shape index (κ2) is 10.2. The Bertz CT molecular complexity index is 1630. The minimum absolute atomic E-state index is 0.0792. The molecule has 2 aromatic heterocycles. The van der Waals surface area contributed by atoms with Gasteiger partial charge in [0.05, 0.1) is 17.6 Å². The van der Waals surface area contributed by atoms with Crippen LogP contribution >= 0.6 is 11.6 Å². The molecule has 3 amide bonds. The Morgan fingerprint density at radius 1 is 0.949 bits per heavy atom. The Morgan fingerprint density at radius 2 is 1.62 bits per heavy atom. The van der Waals surface area contributed by atoms with Crippen molar-refractivity contribution in [1.82, 2.24) is 9.97 Å². The molecule has 5 rings (SSSR count). The maximum absolute atomic E-state index is 13.1. The lowest BCUT2D eigenvalue weighted by Gasteiger charge is -2.16. The van der Waals surface area contributed by atoms with E-state index in [2.05, 4.69) is 20.6 Å². The zero-order chi connectivity index (χ0) is 27.7. The van der Waals surface area contributed by atoms with Gasteiger partial charge in [-0.1, -0.05) is 11.6 Å². The van der Waals surface area contributed by atoms with Gasteiger partial charge in [-0.2, -0.15) is 0 Å². The Kier molecular flexibility index (Phi) is 6.75. The van der Waals surface area contributed by atoms with E-state index in [4.69, 9.17) is 26.8 Å². The molecule has 198 valence electrons. The smallest absolute Gasteiger partial charge is 0.271 e. The van der Waals surface area contributed by atoms with Gasteiger partial charge in [-0.05, 0) is 55.3 Å². The predicted octanol–water partition coefficient (Wildman–Crippen LogP) is 4.68. The van der Waals surface area contributed by atoms with Crippen LogP contribution in [-0.4, -0.2) is 34.8 Å². The summed E-state index contributed by atoms with van der Waals surface area (Å²) in [6.07, 6.45) is 2.25. The molecule has 4 aromatic rings. The maximum Gasteiger partial charge on any atom is 0.271 e. The number of benzene rings is 2. The fourth-order valence-corrected chi connectivity index (χ4v) is 4.16. The summed E-state index contributed by atoms with van der Waals surface area (Å²) in [5.74, 6) is -1.47. The monoisotopic (exact) mass is 549 g/mol. The number of rotatable bonds is 8. The predicted molar refractivity (Wildman–Crippen MR) is 141 cm³/mol. The second-order valence-electron chi connectivity index (χ2n) is 8.82. The number of amides is 3. The first-order valence-electron chi connectivity index (χ1n) is 11.7. The van der Waals surface area contributed by atoms with E-state index < -0.39 is 29.0 Å². The van der Waals surface area contributed by atoms with Crippen LogP contribution < -0.4 is 25.8 Å². The highest BCUT2D eigenvalue weighted by Crippen LogP contribution is 2.48. The summed E-state index contributed by atoms with van der Waals surface area (Å²) < 4.78 is 24.3. The van der Waals surface area contributed by atoms with Gasteiger partial charge in [0.15, 0.2) is 17.2 Å².